The van der Waals surface area contributed by atoms with Crippen molar-refractivity contribution < 1.29 is 0 Å². The van der Waals surface area contributed by atoms with Gasteiger partial charge in [-0.05, 0) is 19.8 Å². The molecule has 0 aromatic heterocycles. The molecule has 8 heavy (non-hydrogen) atoms. The fraction of sp³-hybridized carbons (Fsp3) is 0.375. The van der Waals surface area contributed by atoms with Gasteiger partial charge in [0.25, 0.3) is 0 Å². The average molecular weight is 107 g/mol. The highest BCUT2D eigenvalue weighted by Crippen LogP contribution is 2.14. The second-order valence-electron chi connectivity index (χ2n) is 2.00. The van der Waals surface area contributed by atoms with E-state index in [0.717, 1.165) is 0 Å². The lowest BCUT2D eigenvalue weighted by molar-refractivity contribution is 0.963. The fourth-order valence-electron chi connectivity index (χ4n) is 0.862. The monoisotopic (exact) mass is 107 g/mol. The van der Waals surface area contributed by atoms with E-state index < -0.39 is 0 Å². The van der Waals surface area contributed by atoms with Crippen molar-refractivity contribution in [1.29, 1.82) is 0 Å². The Balaban J connectivity index is 2.50. The van der Waals surface area contributed by atoms with E-state index >= 15 is 0 Å². The summed E-state index contributed by atoms with van der Waals surface area (Å²) in [7, 11) is 0. The lowest BCUT2D eigenvalue weighted by atomic mass is 10.0. The van der Waals surface area contributed by atoms with Gasteiger partial charge in [0.2, 0.25) is 0 Å². The molecular weight excluding hydrogens is 96.1 g/mol. The Morgan fingerprint density at radius 2 is 2.50 bits per heavy atom. The molecule has 0 aliphatic heterocycles. The summed E-state index contributed by atoms with van der Waals surface area (Å²) in [5, 5.41) is 0. The highest BCUT2D eigenvalue weighted by atomic mass is 14.0. The van der Waals surface area contributed by atoms with Crippen LogP contribution >= 0.6 is 0 Å². The molecule has 0 bridgehead atoms. The fourth-order valence-corrected chi connectivity index (χ4v) is 0.862. The molecule has 0 aromatic rings. The quantitative estimate of drug-likeness (QED) is 0.446. The standard InChI is InChI=1S/C8H11/c1-2-8-6-4-3-5-7-8/h2-4,6H,5,7H2,1H3. The predicted octanol–water partition coefficient (Wildman–Crippen LogP) is 2.49. The van der Waals surface area contributed by atoms with Crippen LogP contribution in [0.5, 0.6) is 0 Å². The second kappa shape index (κ2) is 2.71. The first-order chi connectivity index (χ1) is 3.93. The summed E-state index contributed by atoms with van der Waals surface area (Å²) in [4.78, 5) is 0. The number of allylic oxidation sites excluding steroid dienone is 4. The third kappa shape index (κ3) is 1.22. The van der Waals surface area contributed by atoms with Crippen molar-refractivity contribution in [2.45, 2.75) is 19.8 Å². The summed E-state index contributed by atoms with van der Waals surface area (Å²) in [6.45, 7) is 2.09. The summed E-state index contributed by atoms with van der Waals surface area (Å²) >= 11 is 0. The van der Waals surface area contributed by atoms with Crippen LogP contribution < -0.4 is 0 Å². The molecule has 0 nitrogen and oxygen atoms in total. The molecule has 0 heterocycles. The van der Waals surface area contributed by atoms with E-state index in [0.29, 0.717) is 0 Å². The van der Waals surface area contributed by atoms with Gasteiger partial charge in [0.15, 0.2) is 0 Å². The number of rotatable bonds is 0. The van der Waals surface area contributed by atoms with Crippen LogP contribution in [0.1, 0.15) is 19.8 Å². The first-order valence-electron chi connectivity index (χ1n) is 3.08. The summed E-state index contributed by atoms with van der Waals surface area (Å²) in [6, 6.07) is 0. The summed E-state index contributed by atoms with van der Waals surface area (Å²) < 4.78 is 0. The third-order valence-corrected chi connectivity index (χ3v) is 1.42. The summed E-state index contributed by atoms with van der Waals surface area (Å²) in [5.74, 6) is 0. The van der Waals surface area contributed by atoms with Crippen molar-refractivity contribution in [3.05, 3.63) is 30.2 Å². The van der Waals surface area contributed by atoms with Gasteiger partial charge in [-0.25, -0.2) is 0 Å². The van der Waals surface area contributed by atoms with Gasteiger partial charge < -0.3 is 0 Å². The molecule has 0 saturated heterocycles. The molecule has 0 atom stereocenters. The third-order valence-electron chi connectivity index (χ3n) is 1.42. The topological polar surface area (TPSA) is 0 Å². The van der Waals surface area contributed by atoms with E-state index in [-0.39, 0.29) is 0 Å². The van der Waals surface area contributed by atoms with E-state index in [4.69, 9.17) is 0 Å². The highest BCUT2D eigenvalue weighted by Gasteiger charge is 1.96. The van der Waals surface area contributed by atoms with Gasteiger partial charge in [0.05, 0.1) is 0 Å². The minimum absolute atomic E-state index is 1.22. The molecule has 43 valence electrons. The minimum Gasteiger partial charge on any atom is -0.0878 e. The van der Waals surface area contributed by atoms with Gasteiger partial charge >= 0.3 is 0 Å². The molecule has 0 N–H and O–H groups in total. The zero-order valence-corrected chi connectivity index (χ0v) is 5.22. The molecule has 0 heteroatoms. The maximum Gasteiger partial charge on any atom is 0.00770 e. The van der Waals surface area contributed by atoms with Gasteiger partial charge in [-0.3, -0.25) is 0 Å². The Kier molecular flexibility index (Phi) is 1.90. The Bertz CT molecular complexity index is 118. The molecule has 0 aromatic carbocycles. The van der Waals surface area contributed by atoms with Crippen LogP contribution in [0.3, 0.4) is 0 Å². The van der Waals surface area contributed by atoms with Crippen LogP contribution in [-0.2, 0) is 0 Å². The van der Waals surface area contributed by atoms with Crippen molar-refractivity contribution in [2.24, 2.45) is 0 Å². The van der Waals surface area contributed by atoms with E-state index in [2.05, 4.69) is 31.6 Å². The van der Waals surface area contributed by atoms with E-state index in [1.807, 2.05) is 0 Å². The van der Waals surface area contributed by atoms with E-state index in [1.54, 1.807) is 0 Å². The van der Waals surface area contributed by atoms with Crippen molar-refractivity contribution in [3.63, 3.8) is 0 Å². The van der Waals surface area contributed by atoms with E-state index in [9.17, 15) is 0 Å². The van der Waals surface area contributed by atoms with Crippen molar-refractivity contribution >= 4 is 0 Å². The normalized spacial score (nSPS) is 24.4. The van der Waals surface area contributed by atoms with Gasteiger partial charge in [0.1, 0.15) is 0 Å². The predicted molar refractivity (Wildman–Crippen MR) is 36.4 cm³/mol. The Hall–Kier alpha value is -0.520. The van der Waals surface area contributed by atoms with Gasteiger partial charge in [-0.2, -0.15) is 0 Å². The Labute approximate surface area is 50.9 Å². The first-order valence-corrected chi connectivity index (χ1v) is 3.08. The molecule has 0 spiro atoms. The molecule has 0 fully saturated rings. The van der Waals surface area contributed by atoms with Crippen molar-refractivity contribution in [2.75, 3.05) is 0 Å². The van der Waals surface area contributed by atoms with Gasteiger partial charge in [-0.15, -0.1) is 0 Å². The van der Waals surface area contributed by atoms with Crippen LogP contribution in [0, 0.1) is 6.42 Å². The van der Waals surface area contributed by atoms with Crippen molar-refractivity contribution in [3.8, 4) is 0 Å². The van der Waals surface area contributed by atoms with Gasteiger partial charge in [-0.1, -0.05) is 23.8 Å². The molecular formula is C8H11. The van der Waals surface area contributed by atoms with Gasteiger partial charge in [0, 0.05) is 6.42 Å². The largest absolute Gasteiger partial charge is 0.0878 e. The number of hydrogen-bond acceptors (Lipinski definition) is 0. The first kappa shape index (κ1) is 5.61. The molecule has 1 rings (SSSR count). The van der Waals surface area contributed by atoms with Crippen LogP contribution in [0.15, 0.2) is 23.8 Å². The van der Waals surface area contributed by atoms with E-state index in [1.165, 1.54) is 18.4 Å². The molecule has 1 radical (unpaired) electrons. The molecule has 0 saturated carbocycles. The lowest BCUT2D eigenvalue weighted by Crippen LogP contribution is -1.86. The van der Waals surface area contributed by atoms with Crippen LogP contribution in [0.2, 0.25) is 0 Å². The Morgan fingerprint density at radius 1 is 1.62 bits per heavy atom. The second-order valence-corrected chi connectivity index (χ2v) is 2.00. The minimum atomic E-state index is 1.22. The molecule has 0 unspecified atom stereocenters. The zero-order valence-electron chi connectivity index (χ0n) is 5.22. The molecule has 0 amide bonds. The van der Waals surface area contributed by atoms with Crippen LogP contribution in [-0.4, -0.2) is 0 Å². The van der Waals surface area contributed by atoms with Crippen LogP contribution in [0.4, 0.5) is 0 Å². The lowest BCUT2D eigenvalue weighted by Gasteiger charge is -2.04. The maximum absolute atomic E-state index is 2.20. The average Bonchev–Trinajstić information content (AvgIpc) is 1.90. The molecule has 1 aliphatic carbocycles. The van der Waals surface area contributed by atoms with Crippen LogP contribution in [0.25, 0.3) is 0 Å². The SMILES string of the molecule is CC=C1[CH]C=CCC1. The smallest absolute Gasteiger partial charge is 0.00770 e. The highest BCUT2D eigenvalue weighted by molar-refractivity contribution is 5.24. The zero-order chi connectivity index (χ0) is 5.82. The maximum atomic E-state index is 2.20. The summed E-state index contributed by atoms with van der Waals surface area (Å²) in [6.07, 6.45) is 11.1. The molecule has 1 aliphatic rings. The van der Waals surface area contributed by atoms with Crippen molar-refractivity contribution in [1.82, 2.24) is 0 Å². The Morgan fingerprint density at radius 3 is 2.88 bits per heavy atom. The summed E-state index contributed by atoms with van der Waals surface area (Å²) in [5.41, 5.74) is 1.47. The number of hydrogen-bond donors (Lipinski definition) is 0.